The molecule has 0 spiro atoms. The minimum atomic E-state index is -0.570. The number of nitro benzene ring substituents is 1. The van der Waals surface area contributed by atoms with Gasteiger partial charge in [0.2, 0.25) is 0 Å². The third-order valence-corrected chi connectivity index (χ3v) is 3.38. The number of benzene rings is 2. The molecule has 0 atom stereocenters. The molecule has 0 fully saturated rings. The van der Waals surface area contributed by atoms with E-state index in [1.54, 1.807) is 12.1 Å². The van der Waals surface area contributed by atoms with E-state index in [0.29, 0.717) is 5.69 Å². The molecule has 0 bridgehead atoms. The molecule has 0 saturated carbocycles. The standard InChI is InChI=1S/C15H14ClN3O3/c1-18(2)11-5-3-10(4-6-11)17-15(20)13-9-12(19(21)22)7-8-14(13)16/h3-9H,1-2H3,(H,17,20). The van der Waals surface area contributed by atoms with Crippen molar-refractivity contribution in [2.24, 2.45) is 0 Å². The summed E-state index contributed by atoms with van der Waals surface area (Å²) >= 11 is 5.94. The number of hydrogen-bond donors (Lipinski definition) is 1. The van der Waals surface area contributed by atoms with Crippen molar-refractivity contribution in [3.05, 3.63) is 63.2 Å². The van der Waals surface area contributed by atoms with Crippen LogP contribution >= 0.6 is 11.6 Å². The maximum atomic E-state index is 12.2. The van der Waals surface area contributed by atoms with Crippen molar-refractivity contribution in [1.29, 1.82) is 0 Å². The van der Waals surface area contributed by atoms with Gasteiger partial charge in [-0.1, -0.05) is 11.6 Å². The van der Waals surface area contributed by atoms with Crippen LogP contribution in [0.4, 0.5) is 17.1 Å². The van der Waals surface area contributed by atoms with Crippen LogP contribution in [0.15, 0.2) is 42.5 Å². The molecule has 6 nitrogen and oxygen atoms in total. The Bertz CT molecular complexity index is 714. The van der Waals surface area contributed by atoms with Gasteiger partial charge in [-0.05, 0) is 30.3 Å². The van der Waals surface area contributed by atoms with Crippen LogP contribution in [0.3, 0.4) is 0 Å². The van der Waals surface area contributed by atoms with Crippen LogP contribution in [0.25, 0.3) is 0 Å². The van der Waals surface area contributed by atoms with Crippen molar-refractivity contribution in [1.82, 2.24) is 0 Å². The molecule has 114 valence electrons. The summed E-state index contributed by atoms with van der Waals surface area (Å²) in [5.74, 6) is -0.494. The molecule has 0 unspecified atom stereocenters. The van der Waals surface area contributed by atoms with Gasteiger partial charge in [0.25, 0.3) is 11.6 Å². The van der Waals surface area contributed by atoms with Gasteiger partial charge >= 0.3 is 0 Å². The lowest BCUT2D eigenvalue weighted by molar-refractivity contribution is -0.384. The predicted octanol–water partition coefficient (Wildman–Crippen LogP) is 3.57. The third kappa shape index (κ3) is 3.53. The number of nitro groups is 1. The van der Waals surface area contributed by atoms with Crippen molar-refractivity contribution in [2.45, 2.75) is 0 Å². The van der Waals surface area contributed by atoms with Crippen LogP contribution in [0.5, 0.6) is 0 Å². The van der Waals surface area contributed by atoms with E-state index in [1.807, 2.05) is 31.1 Å². The number of carbonyl (C=O) groups is 1. The summed E-state index contributed by atoms with van der Waals surface area (Å²) in [6.45, 7) is 0. The SMILES string of the molecule is CN(C)c1ccc(NC(=O)c2cc([N+](=O)[O-])ccc2Cl)cc1. The number of hydrogen-bond acceptors (Lipinski definition) is 4. The third-order valence-electron chi connectivity index (χ3n) is 3.05. The Hall–Kier alpha value is -2.60. The van der Waals surface area contributed by atoms with Crippen molar-refractivity contribution in [3.63, 3.8) is 0 Å². The van der Waals surface area contributed by atoms with Crippen LogP contribution in [0.2, 0.25) is 5.02 Å². The summed E-state index contributed by atoms with van der Waals surface area (Å²) < 4.78 is 0. The minimum Gasteiger partial charge on any atom is -0.378 e. The smallest absolute Gasteiger partial charge is 0.270 e. The van der Waals surface area contributed by atoms with Gasteiger partial charge in [-0.3, -0.25) is 14.9 Å². The summed E-state index contributed by atoms with van der Waals surface area (Å²) in [6.07, 6.45) is 0. The molecule has 2 aromatic carbocycles. The van der Waals surface area contributed by atoms with E-state index in [-0.39, 0.29) is 16.3 Å². The fourth-order valence-electron chi connectivity index (χ4n) is 1.84. The Morgan fingerprint density at radius 2 is 1.82 bits per heavy atom. The van der Waals surface area contributed by atoms with E-state index in [9.17, 15) is 14.9 Å². The van der Waals surface area contributed by atoms with E-state index < -0.39 is 10.8 Å². The zero-order chi connectivity index (χ0) is 16.3. The second-order valence-corrected chi connectivity index (χ2v) is 5.22. The highest BCUT2D eigenvalue weighted by molar-refractivity contribution is 6.34. The largest absolute Gasteiger partial charge is 0.378 e. The average molecular weight is 320 g/mol. The molecule has 2 aromatic rings. The summed E-state index contributed by atoms with van der Waals surface area (Å²) in [5.41, 5.74) is 1.45. The maximum absolute atomic E-state index is 12.2. The fraction of sp³-hybridized carbons (Fsp3) is 0.133. The van der Waals surface area contributed by atoms with Gasteiger partial charge in [-0.15, -0.1) is 0 Å². The normalized spacial score (nSPS) is 10.1. The average Bonchev–Trinajstić information content (AvgIpc) is 2.47. The molecule has 1 amide bonds. The lowest BCUT2D eigenvalue weighted by Crippen LogP contribution is -2.13. The first-order valence-electron chi connectivity index (χ1n) is 6.41. The van der Waals surface area contributed by atoms with Crippen LogP contribution < -0.4 is 10.2 Å². The molecule has 0 aliphatic rings. The van der Waals surface area contributed by atoms with Crippen molar-refractivity contribution in [2.75, 3.05) is 24.3 Å². The highest BCUT2D eigenvalue weighted by Crippen LogP contribution is 2.23. The molecule has 0 aliphatic carbocycles. The Balaban J connectivity index is 2.21. The quantitative estimate of drug-likeness (QED) is 0.690. The van der Waals surface area contributed by atoms with Gasteiger partial charge in [-0.2, -0.15) is 0 Å². The van der Waals surface area contributed by atoms with E-state index in [1.165, 1.54) is 12.1 Å². The summed E-state index contributed by atoms with van der Waals surface area (Å²) in [4.78, 5) is 24.3. The Kier molecular flexibility index (Phi) is 4.62. The molecular formula is C15H14ClN3O3. The molecule has 0 radical (unpaired) electrons. The molecule has 7 heteroatoms. The van der Waals surface area contributed by atoms with Gasteiger partial charge in [0.1, 0.15) is 0 Å². The van der Waals surface area contributed by atoms with Crippen molar-refractivity contribution >= 4 is 34.6 Å². The van der Waals surface area contributed by atoms with Crippen LogP contribution in [0, 0.1) is 10.1 Å². The topological polar surface area (TPSA) is 75.5 Å². The number of amides is 1. The number of nitrogens with one attached hydrogen (secondary N) is 1. The van der Waals surface area contributed by atoms with Gasteiger partial charge in [0.05, 0.1) is 15.5 Å². The second kappa shape index (κ2) is 6.44. The van der Waals surface area contributed by atoms with E-state index in [0.717, 1.165) is 11.8 Å². The lowest BCUT2D eigenvalue weighted by Gasteiger charge is -2.13. The number of non-ortho nitro benzene ring substituents is 1. The first kappa shape index (κ1) is 15.8. The predicted molar refractivity (Wildman–Crippen MR) is 86.8 cm³/mol. The summed E-state index contributed by atoms with van der Waals surface area (Å²) in [5, 5.41) is 13.6. The monoisotopic (exact) mass is 319 g/mol. The van der Waals surface area contributed by atoms with E-state index in [4.69, 9.17) is 11.6 Å². The number of rotatable bonds is 4. The fourth-order valence-corrected chi connectivity index (χ4v) is 2.05. The Labute approximate surface area is 132 Å². The minimum absolute atomic E-state index is 0.0625. The number of halogens is 1. The Morgan fingerprint density at radius 1 is 1.18 bits per heavy atom. The highest BCUT2D eigenvalue weighted by Gasteiger charge is 2.16. The van der Waals surface area contributed by atoms with Gasteiger partial charge < -0.3 is 10.2 Å². The maximum Gasteiger partial charge on any atom is 0.270 e. The molecule has 0 aromatic heterocycles. The molecule has 2 rings (SSSR count). The molecule has 22 heavy (non-hydrogen) atoms. The second-order valence-electron chi connectivity index (χ2n) is 4.82. The van der Waals surface area contributed by atoms with Crippen molar-refractivity contribution in [3.8, 4) is 0 Å². The highest BCUT2D eigenvalue weighted by atomic mass is 35.5. The van der Waals surface area contributed by atoms with Gasteiger partial charge in [0, 0.05) is 37.6 Å². The number of carbonyl (C=O) groups excluding carboxylic acids is 1. The molecule has 0 saturated heterocycles. The van der Waals surface area contributed by atoms with Crippen molar-refractivity contribution < 1.29 is 9.72 Å². The first-order chi connectivity index (χ1) is 10.4. The molecule has 0 heterocycles. The van der Waals surface area contributed by atoms with Crippen LogP contribution in [-0.2, 0) is 0 Å². The van der Waals surface area contributed by atoms with E-state index in [2.05, 4.69) is 5.32 Å². The number of nitrogens with zero attached hydrogens (tertiary/aromatic N) is 2. The number of anilines is 2. The zero-order valence-corrected chi connectivity index (χ0v) is 12.8. The lowest BCUT2D eigenvalue weighted by atomic mass is 10.1. The van der Waals surface area contributed by atoms with E-state index >= 15 is 0 Å². The molecule has 1 N–H and O–H groups in total. The first-order valence-corrected chi connectivity index (χ1v) is 6.79. The zero-order valence-electron chi connectivity index (χ0n) is 12.0. The molecule has 0 aliphatic heterocycles. The summed E-state index contributed by atoms with van der Waals surface area (Å²) in [6, 6.07) is 11.0. The van der Waals surface area contributed by atoms with Gasteiger partial charge in [0.15, 0.2) is 0 Å². The van der Waals surface area contributed by atoms with Gasteiger partial charge in [-0.25, -0.2) is 0 Å². The van der Waals surface area contributed by atoms with Crippen LogP contribution in [-0.4, -0.2) is 24.9 Å². The summed E-state index contributed by atoms with van der Waals surface area (Å²) in [7, 11) is 3.83. The Morgan fingerprint density at radius 3 is 2.36 bits per heavy atom. The molecular weight excluding hydrogens is 306 g/mol. The van der Waals surface area contributed by atoms with Crippen LogP contribution in [0.1, 0.15) is 10.4 Å².